The van der Waals surface area contributed by atoms with Gasteiger partial charge in [0.1, 0.15) is 0 Å². The molecule has 0 fully saturated rings. The molecule has 3 aromatic rings. The standard InChI is InChI=1S/C19H17BrN2O3/c1-12(13-6-8-14(20)9-7-13)22-18(23)11-25-19(24)16-10-21-17-5-3-2-4-15(16)17/h2-10,12,21H,11H2,1H3,(H,22,23)/t12-/m1/s1. The van der Waals surface area contributed by atoms with Gasteiger partial charge in [0.25, 0.3) is 5.91 Å². The predicted molar refractivity (Wildman–Crippen MR) is 99.3 cm³/mol. The van der Waals surface area contributed by atoms with Crippen LogP contribution in [0.15, 0.2) is 59.2 Å². The fourth-order valence-corrected chi connectivity index (χ4v) is 2.83. The van der Waals surface area contributed by atoms with E-state index in [-0.39, 0.29) is 18.6 Å². The minimum atomic E-state index is -0.524. The zero-order valence-corrected chi connectivity index (χ0v) is 15.2. The van der Waals surface area contributed by atoms with Gasteiger partial charge in [-0.2, -0.15) is 0 Å². The Morgan fingerprint density at radius 3 is 2.64 bits per heavy atom. The van der Waals surface area contributed by atoms with Gasteiger partial charge in [-0.05, 0) is 30.7 Å². The Bertz CT molecular complexity index is 902. The second kappa shape index (κ2) is 7.53. The molecular weight excluding hydrogens is 384 g/mol. The molecule has 0 saturated carbocycles. The number of H-pyrrole nitrogens is 1. The van der Waals surface area contributed by atoms with Gasteiger partial charge in [-0.15, -0.1) is 0 Å². The van der Waals surface area contributed by atoms with Crippen molar-refractivity contribution in [3.8, 4) is 0 Å². The first-order chi connectivity index (χ1) is 12.0. The van der Waals surface area contributed by atoms with Gasteiger partial charge in [-0.25, -0.2) is 4.79 Å². The second-order valence-corrected chi connectivity index (χ2v) is 6.58. The average Bonchev–Trinajstić information content (AvgIpc) is 3.04. The third kappa shape index (κ3) is 4.09. The van der Waals surface area contributed by atoms with E-state index in [1.54, 1.807) is 6.20 Å². The molecule has 128 valence electrons. The highest BCUT2D eigenvalue weighted by Gasteiger charge is 2.16. The van der Waals surface area contributed by atoms with Crippen molar-refractivity contribution in [2.24, 2.45) is 0 Å². The van der Waals surface area contributed by atoms with Crippen molar-refractivity contribution in [2.45, 2.75) is 13.0 Å². The average molecular weight is 401 g/mol. The number of amides is 1. The number of nitrogens with one attached hydrogen (secondary N) is 2. The normalized spacial score (nSPS) is 11.9. The van der Waals surface area contributed by atoms with Crippen LogP contribution in [0.3, 0.4) is 0 Å². The van der Waals surface area contributed by atoms with Crippen LogP contribution in [0.2, 0.25) is 0 Å². The van der Waals surface area contributed by atoms with Gasteiger partial charge in [0.2, 0.25) is 0 Å². The van der Waals surface area contributed by atoms with Crippen LogP contribution in [0.5, 0.6) is 0 Å². The summed E-state index contributed by atoms with van der Waals surface area (Å²) in [6.45, 7) is 1.56. The van der Waals surface area contributed by atoms with Crippen molar-refractivity contribution >= 4 is 38.7 Å². The molecule has 25 heavy (non-hydrogen) atoms. The predicted octanol–water partition coefficient (Wildman–Crippen LogP) is 3.96. The zero-order chi connectivity index (χ0) is 17.8. The van der Waals surface area contributed by atoms with Crippen LogP contribution in [-0.4, -0.2) is 23.5 Å². The Labute approximate surface area is 153 Å². The number of carbonyl (C=O) groups excluding carboxylic acids is 2. The lowest BCUT2D eigenvalue weighted by molar-refractivity contribution is -0.124. The molecule has 0 aliphatic carbocycles. The third-order valence-electron chi connectivity index (χ3n) is 3.89. The van der Waals surface area contributed by atoms with Crippen molar-refractivity contribution < 1.29 is 14.3 Å². The number of ether oxygens (including phenoxy) is 1. The lowest BCUT2D eigenvalue weighted by Gasteiger charge is -2.14. The molecule has 0 spiro atoms. The van der Waals surface area contributed by atoms with E-state index < -0.39 is 5.97 Å². The van der Waals surface area contributed by atoms with Crippen LogP contribution in [0, 0.1) is 0 Å². The monoisotopic (exact) mass is 400 g/mol. The van der Waals surface area contributed by atoms with Crippen LogP contribution in [0.25, 0.3) is 10.9 Å². The Kier molecular flexibility index (Phi) is 5.19. The summed E-state index contributed by atoms with van der Waals surface area (Å²) < 4.78 is 6.11. The van der Waals surface area contributed by atoms with Crippen molar-refractivity contribution in [1.29, 1.82) is 0 Å². The number of carbonyl (C=O) groups is 2. The molecule has 1 atom stereocenters. The second-order valence-electron chi connectivity index (χ2n) is 5.66. The number of halogens is 1. The van der Waals surface area contributed by atoms with Crippen LogP contribution in [0.1, 0.15) is 28.9 Å². The SMILES string of the molecule is C[C@@H](NC(=O)COC(=O)c1c[nH]c2ccccc12)c1ccc(Br)cc1. The van der Waals surface area contributed by atoms with Gasteiger partial charge in [-0.3, -0.25) is 4.79 Å². The van der Waals surface area contributed by atoms with E-state index in [1.165, 1.54) is 0 Å². The summed E-state index contributed by atoms with van der Waals surface area (Å²) in [6.07, 6.45) is 1.59. The van der Waals surface area contributed by atoms with Crippen LogP contribution in [-0.2, 0) is 9.53 Å². The third-order valence-corrected chi connectivity index (χ3v) is 4.42. The minimum Gasteiger partial charge on any atom is -0.452 e. The Morgan fingerprint density at radius 1 is 1.16 bits per heavy atom. The molecule has 5 nitrogen and oxygen atoms in total. The molecule has 0 aliphatic rings. The lowest BCUT2D eigenvalue weighted by Crippen LogP contribution is -2.31. The summed E-state index contributed by atoms with van der Waals surface area (Å²) in [4.78, 5) is 27.2. The van der Waals surface area contributed by atoms with Crippen molar-refractivity contribution in [1.82, 2.24) is 10.3 Å². The van der Waals surface area contributed by atoms with E-state index in [1.807, 2.05) is 55.5 Å². The van der Waals surface area contributed by atoms with E-state index in [4.69, 9.17) is 4.74 Å². The Balaban J connectivity index is 1.56. The number of aromatic nitrogens is 1. The molecule has 0 bridgehead atoms. The van der Waals surface area contributed by atoms with Crippen LogP contribution in [0.4, 0.5) is 0 Å². The first-order valence-electron chi connectivity index (χ1n) is 7.82. The van der Waals surface area contributed by atoms with E-state index in [0.717, 1.165) is 20.9 Å². The van der Waals surface area contributed by atoms with E-state index in [0.29, 0.717) is 5.56 Å². The number of rotatable bonds is 5. The molecule has 2 aromatic carbocycles. The number of fused-ring (bicyclic) bond motifs is 1. The quantitative estimate of drug-likeness (QED) is 0.636. The Hall–Kier alpha value is -2.60. The van der Waals surface area contributed by atoms with Gasteiger partial charge in [-0.1, -0.05) is 46.3 Å². The van der Waals surface area contributed by atoms with Gasteiger partial charge in [0, 0.05) is 21.6 Å². The number of esters is 1. The maximum atomic E-state index is 12.2. The zero-order valence-electron chi connectivity index (χ0n) is 13.6. The van der Waals surface area contributed by atoms with E-state index in [2.05, 4.69) is 26.2 Å². The molecular formula is C19H17BrN2O3. The van der Waals surface area contributed by atoms with E-state index >= 15 is 0 Å². The smallest absolute Gasteiger partial charge is 0.340 e. The fraction of sp³-hybridized carbons (Fsp3) is 0.158. The van der Waals surface area contributed by atoms with Crippen molar-refractivity contribution in [2.75, 3.05) is 6.61 Å². The van der Waals surface area contributed by atoms with Gasteiger partial charge in [0.05, 0.1) is 11.6 Å². The molecule has 1 heterocycles. The molecule has 0 radical (unpaired) electrons. The highest BCUT2D eigenvalue weighted by atomic mass is 79.9. The highest BCUT2D eigenvalue weighted by molar-refractivity contribution is 9.10. The molecule has 0 saturated heterocycles. The summed E-state index contributed by atoms with van der Waals surface area (Å²) in [6, 6.07) is 14.9. The largest absolute Gasteiger partial charge is 0.452 e. The molecule has 3 rings (SSSR count). The van der Waals surface area contributed by atoms with Crippen LogP contribution >= 0.6 is 15.9 Å². The molecule has 1 amide bonds. The number of hydrogen-bond donors (Lipinski definition) is 2. The van der Waals surface area contributed by atoms with Gasteiger partial charge >= 0.3 is 5.97 Å². The van der Waals surface area contributed by atoms with Crippen LogP contribution < -0.4 is 5.32 Å². The summed E-state index contributed by atoms with van der Waals surface area (Å²) >= 11 is 3.37. The lowest BCUT2D eigenvalue weighted by atomic mass is 10.1. The fourth-order valence-electron chi connectivity index (χ4n) is 2.57. The van der Waals surface area contributed by atoms with Gasteiger partial charge in [0.15, 0.2) is 6.61 Å². The first-order valence-corrected chi connectivity index (χ1v) is 8.62. The number of hydrogen-bond acceptors (Lipinski definition) is 3. The maximum absolute atomic E-state index is 12.2. The summed E-state index contributed by atoms with van der Waals surface area (Å²) in [5.74, 6) is -0.868. The van der Waals surface area contributed by atoms with Crippen molar-refractivity contribution in [3.05, 3.63) is 70.3 Å². The van der Waals surface area contributed by atoms with E-state index in [9.17, 15) is 9.59 Å². The molecule has 0 aliphatic heterocycles. The first kappa shape index (κ1) is 17.2. The number of benzene rings is 2. The molecule has 0 unspecified atom stereocenters. The Morgan fingerprint density at radius 2 is 1.88 bits per heavy atom. The maximum Gasteiger partial charge on any atom is 0.340 e. The van der Waals surface area contributed by atoms with Crippen molar-refractivity contribution in [3.63, 3.8) is 0 Å². The van der Waals surface area contributed by atoms with Gasteiger partial charge < -0.3 is 15.0 Å². The molecule has 1 aromatic heterocycles. The minimum absolute atomic E-state index is 0.174. The molecule has 6 heteroatoms. The number of aromatic amines is 1. The molecule has 2 N–H and O–H groups in total. The highest BCUT2D eigenvalue weighted by Crippen LogP contribution is 2.19. The number of para-hydroxylation sites is 1. The summed E-state index contributed by atoms with van der Waals surface area (Å²) in [7, 11) is 0. The summed E-state index contributed by atoms with van der Waals surface area (Å²) in [5, 5.41) is 3.59. The summed E-state index contributed by atoms with van der Waals surface area (Å²) in [5.41, 5.74) is 2.24. The topological polar surface area (TPSA) is 71.2 Å².